The molecule has 6 nitrogen and oxygen atoms in total. The normalized spacial score (nSPS) is 18.6. The summed E-state index contributed by atoms with van der Waals surface area (Å²) >= 11 is 0. The van der Waals surface area contributed by atoms with Crippen molar-refractivity contribution in [1.82, 2.24) is 0 Å². The minimum Gasteiger partial charge on any atom is -0.458 e. The fraction of sp³-hybridized carbons (Fsp3) is 0.364. The van der Waals surface area contributed by atoms with Crippen LogP contribution in [0.1, 0.15) is 20.8 Å². The summed E-state index contributed by atoms with van der Waals surface area (Å²) in [6.07, 6.45) is -2.96. The van der Waals surface area contributed by atoms with Gasteiger partial charge in [0.25, 0.3) is 5.91 Å². The van der Waals surface area contributed by atoms with E-state index >= 15 is 0 Å². The van der Waals surface area contributed by atoms with Crippen molar-refractivity contribution in [2.24, 2.45) is 0 Å². The Morgan fingerprint density at radius 3 is 2.50 bits per heavy atom. The van der Waals surface area contributed by atoms with Crippen molar-refractivity contribution in [3.8, 4) is 11.1 Å². The second-order valence-electron chi connectivity index (χ2n) is 7.68. The molecule has 0 aromatic heterocycles. The molecule has 1 aliphatic heterocycles. The summed E-state index contributed by atoms with van der Waals surface area (Å²) in [6, 6.07) is 17.4. The SMILES string of the molecule is CC(C)(C)OC(=O)C(O)C1OCCN(c2cccc(-c3ccccc3)c2)C1=O. The maximum absolute atomic E-state index is 12.9. The van der Waals surface area contributed by atoms with E-state index in [9.17, 15) is 14.7 Å². The quantitative estimate of drug-likeness (QED) is 0.822. The van der Waals surface area contributed by atoms with Gasteiger partial charge in [0.05, 0.1) is 6.61 Å². The van der Waals surface area contributed by atoms with Crippen molar-refractivity contribution in [2.75, 3.05) is 18.1 Å². The summed E-state index contributed by atoms with van der Waals surface area (Å²) in [7, 11) is 0. The lowest BCUT2D eigenvalue weighted by Crippen LogP contribution is -2.55. The van der Waals surface area contributed by atoms with Crippen molar-refractivity contribution in [1.29, 1.82) is 0 Å². The molecule has 1 heterocycles. The smallest absolute Gasteiger partial charge is 0.338 e. The summed E-state index contributed by atoms with van der Waals surface area (Å²) in [5.74, 6) is -1.33. The lowest BCUT2D eigenvalue weighted by atomic mass is 10.0. The highest BCUT2D eigenvalue weighted by atomic mass is 16.6. The molecule has 0 spiro atoms. The van der Waals surface area contributed by atoms with Crippen LogP contribution in [-0.2, 0) is 19.1 Å². The molecule has 2 unspecified atom stereocenters. The van der Waals surface area contributed by atoms with Gasteiger partial charge in [-0.1, -0.05) is 42.5 Å². The highest BCUT2D eigenvalue weighted by Crippen LogP contribution is 2.27. The summed E-state index contributed by atoms with van der Waals surface area (Å²) in [5, 5.41) is 10.3. The average molecular weight is 383 g/mol. The lowest BCUT2D eigenvalue weighted by Gasteiger charge is -2.34. The maximum Gasteiger partial charge on any atom is 0.338 e. The van der Waals surface area contributed by atoms with E-state index in [0.717, 1.165) is 11.1 Å². The third kappa shape index (κ3) is 4.58. The number of morpholine rings is 1. The number of carbonyl (C=O) groups excluding carboxylic acids is 2. The Morgan fingerprint density at radius 2 is 1.82 bits per heavy atom. The number of aliphatic hydroxyl groups excluding tert-OH is 1. The van der Waals surface area contributed by atoms with Crippen LogP contribution in [0.4, 0.5) is 5.69 Å². The molecule has 0 radical (unpaired) electrons. The minimum absolute atomic E-state index is 0.214. The molecule has 2 atom stereocenters. The van der Waals surface area contributed by atoms with Crippen LogP contribution < -0.4 is 4.90 Å². The van der Waals surface area contributed by atoms with Crippen LogP contribution in [-0.4, -0.2) is 47.9 Å². The largest absolute Gasteiger partial charge is 0.458 e. The number of hydrogen-bond acceptors (Lipinski definition) is 5. The van der Waals surface area contributed by atoms with E-state index < -0.39 is 29.7 Å². The third-order valence-electron chi connectivity index (χ3n) is 4.32. The van der Waals surface area contributed by atoms with Gasteiger partial charge in [0.2, 0.25) is 0 Å². The summed E-state index contributed by atoms with van der Waals surface area (Å²) in [5.41, 5.74) is 1.94. The number of nitrogens with zero attached hydrogens (tertiary/aromatic N) is 1. The third-order valence-corrected chi connectivity index (χ3v) is 4.32. The summed E-state index contributed by atoms with van der Waals surface area (Å²) in [6.45, 7) is 5.65. The van der Waals surface area contributed by atoms with Gasteiger partial charge in [-0.3, -0.25) is 4.79 Å². The number of benzene rings is 2. The van der Waals surface area contributed by atoms with Crippen LogP contribution in [0.3, 0.4) is 0 Å². The molecule has 0 aliphatic carbocycles. The zero-order chi connectivity index (χ0) is 20.3. The Morgan fingerprint density at radius 1 is 1.14 bits per heavy atom. The predicted molar refractivity (Wildman–Crippen MR) is 106 cm³/mol. The average Bonchev–Trinajstić information content (AvgIpc) is 2.67. The molecule has 3 rings (SSSR count). The van der Waals surface area contributed by atoms with Crippen LogP contribution in [0.2, 0.25) is 0 Å². The highest BCUT2D eigenvalue weighted by Gasteiger charge is 2.41. The molecule has 1 fully saturated rings. The van der Waals surface area contributed by atoms with Gasteiger partial charge in [-0.25, -0.2) is 4.79 Å². The number of ether oxygens (including phenoxy) is 2. The van der Waals surface area contributed by atoms with Crippen LogP contribution in [0, 0.1) is 0 Å². The van der Waals surface area contributed by atoms with Gasteiger partial charge in [-0.2, -0.15) is 0 Å². The van der Waals surface area contributed by atoms with Gasteiger partial charge in [0.1, 0.15) is 5.60 Å². The molecular formula is C22H25NO5. The zero-order valence-corrected chi connectivity index (χ0v) is 16.3. The molecule has 28 heavy (non-hydrogen) atoms. The van der Waals surface area contributed by atoms with Crippen LogP contribution in [0.5, 0.6) is 0 Å². The van der Waals surface area contributed by atoms with E-state index in [1.54, 1.807) is 20.8 Å². The van der Waals surface area contributed by atoms with E-state index in [-0.39, 0.29) is 6.61 Å². The highest BCUT2D eigenvalue weighted by molar-refractivity contribution is 6.00. The number of anilines is 1. The van der Waals surface area contributed by atoms with Crippen molar-refractivity contribution in [3.05, 3.63) is 54.6 Å². The van der Waals surface area contributed by atoms with E-state index in [1.807, 2.05) is 54.6 Å². The summed E-state index contributed by atoms with van der Waals surface area (Å²) < 4.78 is 10.6. The van der Waals surface area contributed by atoms with Crippen molar-refractivity contribution in [3.63, 3.8) is 0 Å². The fourth-order valence-corrected chi connectivity index (χ4v) is 3.06. The van der Waals surface area contributed by atoms with Gasteiger partial charge in [0.15, 0.2) is 12.2 Å². The second-order valence-corrected chi connectivity index (χ2v) is 7.68. The van der Waals surface area contributed by atoms with E-state index in [1.165, 1.54) is 4.90 Å². The van der Waals surface area contributed by atoms with Gasteiger partial charge < -0.3 is 19.5 Å². The summed E-state index contributed by atoms with van der Waals surface area (Å²) in [4.78, 5) is 26.6. The van der Waals surface area contributed by atoms with Gasteiger partial charge in [0, 0.05) is 12.2 Å². The monoisotopic (exact) mass is 383 g/mol. The van der Waals surface area contributed by atoms with Crippen molar-refractivity contribution < 1.29 is 24.2 Å². The molecule has 2 aromatic carbocycles. The molecule has 1 amide bonds. The second kappa shape index (κ2) is 8.12. The van der Waals surface area contributed by atoms with Crippen molar-refractivity contribution in [2.45, 2.75) is 38.6 Å². The molecule has 1 N–H and O–H groups in total. The molecule has 1 aliphatic rings. The first-order valence-electron chi connectivity index (χ1n) is 9.26. The Labute approximate surface area is 164 Å². The number of esters is 1. The molecule has 0 saturated carbocycles. The number of aliphatic hydroxyl groups is 1. The Balaban J connectivity index is 1.80. The number of rotatable bonds is 4. The molecule has 6 heteroatoms. The topological polar surface area (TPSA) is 76.1 Å². The van der Waals surface area contributed by atoms with Gasteiger partial charge >= 0.3 is 5.97 Å². The first kappa shape index (κ1) is 20.0. The fourth-order valence-electron chi connectivity index (χ4n) is 3.06. The van der Waals surface area contributed by atoms with Crippen LogP contribution >= 0.6 is 0 Å². The first-order valence-corrected chi connectivity index (χ1v) is 9.26. The Bertz CT molecular complexity index is 844. The van der Waals surface area contributed by atoms with E-state index in [2.05, 4.69) is 0 Å². The maximum atomic E-state index is 12.9. The van der Waals surface area contributed by atoms with E-state index in [4.69, 9.17) is 9.47 Å². The number of hydrogen-bond donors (Lipinski definition) is 1. The molecule has 0 bridgehead atoms. The standard InChI is InChI=1S/C22H25NO5/c1-22(2,3)28-21(26)18(24)19-20(25)23(12-13-27-19)17-11-7-10-16(14-17)15-8-5-4-6-9-15/h4-11,14,18-19,24H,12-13H2,1-3H3. The molecule has 2 aromatic rings. The molecular weight excluding hydrogens is 358 g/mol. The Kier molecular flexibility index (Phi) is 5.82. The lowest BCUT2D eigenvalue weighted by molar-refractivity contribution is -0.177. The van der Waals surface area contributed by atoms with Gasteiger partial charge in [-0.05, 0) is 44.0 Å². The first-order chi connectivity index (χ1) is 13.3. The predicted octanol–water partition coefficient (Wildman–Crippen LogP) is 2.79. The van der Waals surface area contributed by atoms with Crippen molar-refractivity contribution >= 4 is 17.6 Å². The zero-order valence-electron chi connectivity index (χ0n) is 16.3. The van der Waals surface area contributed by atoms with E-state index in [0.29, 0.717) is 12.2 Å². The molecule has 148 valence electrons. The minimum atomic E-state index is -1.67. The molecule has 1 saturated heterocycles. The van der Waals surface area contributed by atoms with Crippen LogP contribution in [0.15, 0.2) is 54.6 Å². The number of carbonyl (C=O) groups is 2. The number of amides is 1. The van der Waals surface area contributed by atoms with Crippen LogP contribution in [0.25, 0.3) is 11.1 Å². The van der Waals surface area contributed by atoms with Gasteiger partial charge in [-0.15, -0.1) is 0 Å². The Hall–Kier alpha value is -2.70.